The maximum absolute atomic E-state index is 12.0. The lowest BCUT2D eigenvalue weighted by atomic mass is 9.93. The zero-order chi connectivity index (χ0) is 13.1. The quantitative estimate of drug-likeness (QED) is 0.753. The highest BCUT2D eigenvalue weighted by Gasteiger charge is 2.40. The SMILES string of the molecule is CCCNS(=O)(=O)N1CCCC(C)C1C(=O)O. The predicted molar refractivity (Wildman–Crippen MR) is 63.7 cm³/mol. The Morgan fingerprint density at radius 3 is 2.71 bits per heavy atom. The third-order valence-corrected chi connectivity index (χ3v) is 4.58. The molecule has 0 aliphatic carbocycles. The third kappa shape index (κ3) is 3.40. The first-order valence-electron chi connectivity index (χ1n) is 5.89. The highest BCUT2D eigenvalue weighted by atomic mass is 32.2. The van der Waals surface area contributed by atoms with Gasteiger partial charge in [0.15, 0.2) is 0 Å². The average Bonchev–Trinajstić information content (AvgIpc) is 2.25. The minimum atomic E-state index is -3.67. The lowest BCUT2D eigenvalue weighted by molar-refractivity contribution is -0.144. The molecule has 1 fully saturated rings. The van der Waals surface area contributed by atoms with Crippen molar-refractivity contribution in [2.24, 2.45) is 5.92 Å². The molecule has 0 radical (unpaired) electrons. The fourth-order valence-electron chi connectivity index (χ4n) is 2.10. The maximum Gasteiger partial charge on any atom is 0.322 e. The lowest BCUT2D eigenvalue weighted by Crippen LogP contribution is -2.55. The largest absolute Gasteiger partial charge is 0.480 e. The van der Waals surface area contributed by atoms with Crippen LogP contribution < -0.4 is 4.72 Å². The Bertz CT molecular complexity index is 369. The summed E-state index contributed by atoms with van der Waals surface area (Å²) in [7, 11) is -3.67. The highest BCUT2D eigenvalue weighted by Crippen LogP contribution is 2.25. The summed E-state index contributed by atoms with van der Waals surface area (Å²) in [5.74, 6) is -1.22. The van der Waals surface area contributed by atoms with Crippen LogP contribution in [0.1, 0.15) is 33.1 Å². The Balaban J connectivity index is 2.89. The molecule has 6 nitrogen and oxygen atoms in total. The van der Waals surface area contributed by atoms with Gasteiger partial charge in [0.25, 0.3) is 10.2 Å². The van der Waals surface area contributed by atoms with Crippen molar-refractivity contribution in [2.45, 2.75) is 39.2 Å². The van der Waals surface area contributed by atoms with Gasteiger partial charge >= 0.3 is 5.97 Å². The van der Waals surface area contributed by atoms with E-state index in [1.165, 1.54) is 0 Å². The van der Waals surface area contributed by atoms with Crippen molar-refractivity contribution in [3.05, 3.63) is 0 Å². The molecule has 0 aromatic rings. The summed E-state index contributed by atoms with van der Waals surface area (Å²) in [6.07, 6.45) is 2.13. The standard InChI is InChI=1S/C10H20N2O4S/c1-3-6-11-17(15,16)12-7-4-5-8(2)9(12)10(13)14/h8-9,11H,3-7H2,1-2H3,(H,13,14). The normalized spacial score (nSPS) is 26.9. The van der Waals surface area contributed by atoms with Gasteiger partial charge < -0.3 is 5.11 Å². The summed E-state index contributed by atoms with van der Waals surface area (Å²) in [4.78, 5) is 11.2. The minimum absolute atomic E-state index is 0.153. The summed E-state index contributed by atoms with van der Waals surface area (Å²) in [6.45, 7) is 4.25. The van der Waals surface area contributed by atoms with Gasteiger partial charge in [0.1, 0.15) is 6.04 Å². The van der Waals surface area contributed by atoms with Crippen LogP contribution in [-0.4, -0.2) is 42.9 Å². The van der Waals surface area contributed by atoms with Gasteiger partial charge in [-0.15, -0.1) is 0 Å². The van der Waals surface area contributed by atoms with E-state index < -0.39 is 22.2 Å². The van der Waals surface area contributed by atoms with Gasteiger partial charge in [0.05, 0.1) is 0 Å². The van der Waals surface area contributed by atoms with Crippen molar-refractivity contribution in [3.63, 3.8) is 0 Å². The van der Waals surface area contributed by atoms with E-state index in [0.29, 0.717) is 19.4 Å². The fourth-order valence-corrected chi connectivity index (χ4v) is 3.69. The van der Waals surface area contributed by atoms with Crippen LogP contribution in [0.2, 0.25) is 0 Å². The summed E-state index contributed by atoms with van der Waals surface area (Å²) < 4.78 is 27.4. The van der Waals surface area contributed by atoms with Gasteiger partial charge in [0, 0.05) is 13.1 Å². The molecular formula is C10H20N2O4S. The number of carboxylic acid groups (broad SMARTS) is 1. The first-order valence-corrected chi connectivity index (χ1v) is 7.33. The molecule has 17 heavy (non-hydrogen) atoms. The molecular weight excluding hydrogens is 244 g/mol. The summed E-state index contributed by atoms with van der Waals surface area (Å²) >= 11 is 0. The van der Waals surface area contributed by atoms with Crippen LogP contribution >= 0.6 is 0 Å². The zero-order valence-corrected chi connectivity index (χ0v) is 11.0. The van der Waals surface area contributed by atoms with Crippen molar-refractivity contribution >= 4 is 16.2 Å². The van der Waals surface area contributed by atoms with E-state index in [4.69, 9.17) is 5.11 Å². The Hall–Kier alpha value is -0.660. The molecule has 1 heterocycles. The monoisotopic (exact) mass is 264 g/mol. The van der Waals surface area contributed by atoms with Crippen molar-refractivity contribution in [2.75, 3.05) is 13.1 Å². The molecule has 0 amide bonds. The topological polar surface area (TPSA) is 86.7 Å². The summed E-state index contributed by atoms with van der Waals surface area (Å²) in [5, 5.41) is 9.13. The zero-order valence-electron chi connectivity index (χ0n) is 10.2. The summed E-state index contributed by atoms with van der Waals surface area (Å²) in [5.41, 5.74) is 0. The number of rotatable bonds is 5. The van der Waals surface area contributed by atoms with Crippen LogP contribution in [0, 0.1) is 5.92 Å². The number of nitrogens with one attached hydrogen (secondary N) is 1. The van der Waals surface area contributed by atoms with Crippen LogP contribution in [0.15, 0.2) is 0 Å². The highest BCUT2D eigenvalue weighted by molar-refractivity contribution is 7.87. The van der Waals surface area contributed by atoms with Gasteiger partial charge in [-0.05, 0) is 25.2 Å². The Morgan fingerprint density at radius 1 is 1.53 bits per heavy atom. The van der Waals surface area contributed by atoms with Gasteiger partial charge in [-0.2, -0.15) is 12.7 Å². The minimum Gasteiger partial charge on any atom is -0.480 e. The van der Waals surface area contributed by atoms with Crippen molar-refractivity contribution in [1.82, 2.24) is 9.03 Å². The van der Waals surface area contributed by atoms with Crippen LogP contribution in [0.3, 0.4) is 0 Å². The molecule has 0 aromatic heterocycles. The van der Waals surface area contributed by atoms with Crippen LogP contribution in [0.5, 0.6) is 0 Å². The molecule has 0 bridgehead atoms. The molecule has 0 spiro atoms. The van der Waals surface area contributed by atoms with Crippen LogP contribution in [0.4, 0.5) is 0 Å². The predicted octanol–water partition coefficient (Wildman–Crippen LogP) is 0.416. The third-order valence-electron chi connectivity index (χ3n) is 2.98. The van der Waals surface area contributed by atoms with E-state index in [1.54, 1.807) is 6.92 Å². The Kier molecular flexibility index (Phi) is 4.91. The Morgan fingerprint density at radius 2 is 2.18 bits per heavy atom. The van der Waals surface area contributed by atoms with Gasteiger partial charge in [0.2, 0.25) is 0 Å². The number of hydrogen-bond donors (Lipinski definition) is 2. The van der Waals surface area contributed by atoms with Crippen LogP contribution in [0.25, 0.3) is 0 Å². The van der Waals surface area contributed by atoms with E-state index in [1.807, 2.05) is 6.92 Å². The molecule has 0 aromatic carbocycles. The van der Waals surface area contributed by atoms with Gasteiger partial charge in [-0.3, -0.25) is 4.79 Å². The summed E-state index contributed by atoms with van der Waals surface area (Å²) in [6, 6.07) is -0.946. The lowest BCUT2D eigenvalue weighted by Gasteiger charge is -2.36. The first kappa shape index (κ1) is 14.4. The second kappa shape index (κ2) is 5.79. The number of hydrogen-bond acceptors (Lipinski definition) is 3. The molecule has 1 saturated heterocycles. The molecule has 1 aliphatic rings. The molecule has 2 unspecified atom stereocenters. The number of carboxylic acids is 1. The second-order valence-corrected chi connectivity index (χ2v) is 6.12. The van der Waals surface area contributed by atoms with Crippen molar-refractivity contribution < 1.29 is 18.3 Å². The van der Waals surface area contributed by atoms with Crippen molar-refractivity contribution in [3.8, 4) is 0 Å². The van der Waals surface area contributed by atoms with E-state index in [0.717, 1.165) is 10.7 Å². The number of piperidine rings is 1. The molecule has 100 valence electrons. The van der Waals surface area contributed by atoms with E-state index >= 15 is 0 Å². The Labute approximate surface area is 102 Å². The maximum atomic E-state index is 12.0. The number of aliphatic carboxylic acids is 1. The smallest absolute Gasteiger partial charge is 0.322 e. The molecule has 0 saturated carbocycles. The van der Waals surface area contributed by atoms with Gasteiger partial charge in [-0.25, -0.2) is 4.72 Å². The van der Waals surface area contributed by atoms with Crippen LogP contribution in [-0.2, 0) is 15.0 Å². The molecule has 1 rings (SSSR count). The van der Waals surface area contributed by atoms with Gasteiger partial charge in [-0.1, -0.05) is 13.8 Å². The van der Waals surface area contributed by atoms with E-state index in [-0.39, 0.29) is 12.5 Å². The van der Waals surface area contributed by atoms with Crippen molar-refractivity contribution in [1.29, 1.82) is 0 Å². The number of carbonyl (C=O) groups is 1. The first-order chi connectivity index (χ1) is 7.90. The average molecular weight is 264 g/mol. The second-order valence-electron chi connectivity index (χ2n) is 4.41. The van der Waals surface area contributed by atoms with E-state index in [9.17, 15) is 13.2 Å². The molecule has 7 heteroatoms. The molecule has 2 atom stereocenters. The fraction of sp³-hybridized carbons (Fsp3) is 0.900. The molecule has 2 N–H and O–H groups in total. The number of nitrogens with zero attached hydrogens (tertiary/aromatic N) is 1. The van der Waals surface area contributed by atoms with E-state index in [2.05, 4.69) is 4.72 Å². The molecule has 1 aliphatic heterocycles.